The minimum absolute atomic E-state index is 0. The van der Waals surface area contributed by atoms with Gasteiger partial charge in [0, 0.05) is 23.9 Å². The van der Waals surface area contributed by atoms with Crippen LogP contribution in [0.25, 0.3) is 0 Å². The van der Waals surface area contributed by atoms with E-state index < -0.39 is 5.67 Å². The predicted molar refractivity (Wildman–Crippen MR) is 117 cm³/mol. The van der Waals surface area contributed by atoms with Crippen molar-refractivity contribution in [2.75, 3.05) is 19.5 Å². The van der Waals surface area contributed by atoms with Gasteiger partial charge in [0.25, 0.3) is 0 Å². The Labute approximate surface area is 180 Å². The van der Waals surface area contributed by atoms with E-state index in [0.717, 1.165) is 0 Å². The monoisotopic (exact) mass is 505 g/mol. The molecule has 0 amide bonds. The molecule has 0 aliphatic heterocycles. The minimum Gasteiger partial charge on any atom is -0.497 e. The zero-order valence-corrected chi connectivity index (χ0v) is 18.1. The first-order valence-corrected chi connectivity index (χ1v) is 8.58. The van der Waals surface area contributed by atoms with Crippen molar-refractivity contribution >= 4 is 47.2 Å². The van der Waals surface area contributed by atoms with Gasteiger partial charge in [0.15, 0.2) is 5.96 Å². The molecule has 5 nitrogen and oxygen atoms in total. The summed E-state index contributed by atoms with van der Waals surface area (Å²) in [4.78, 5) is 4.37. The molecule has 0 unspecified atom stereocenters. The third-order valence-electron chi connectivity index (χ3n) is 4.45. The predicted octanol–water partition coefficient (Wildman–Crippen LogP) is 4.73. The highest BCUT2D eigenvalue weighted by Gasteiger charge is 2.46. The van der Waals surface area contributed by atoms with Crippen molar-refractivity contribution in [2.24, 2.45) is 10.7 Å². The molecule has 0 heterocycles. The number of ether oxygens (including phenoxy) is 2. The molecule has 0 atom stereocenters. The highest BCUT2D eigenvalue weighted by molar-refractivity contribution is 14.0. The lowest BCUT2D eigenvalue weighted by molar-refractivity contribution is 0.0415. The van der Waals surface area contributed by atoms with Gasteiger partial charge in [-0.05, 0) is 29.8 Å². The smallest absolute Gasteiger partial charge is 0.193 e. The lowest BCUT2D eigenvalue weighted by Gasteiger charge is -2.39. The van der Waals surface area contributed by atoms with E-state index in [4.69, 9.17) is 26.8 Å². The molecular weight excluding hydrogens is 484 g/mol. The Kier molecular flexibility index (Phi) is 7.16. The number of halogens is 3. The van der Waals surface area contributed by atoms with Crippen molar-refractivity contribution in [3.8, 4) is 11.5 Å². The second-order valence-corrected chi connectivity index (χ2v) is 6.68. The van der Waals surface area contributed by atoms with Gasteiger partial charge in [-0.15, -0.1) is 24.0 Å². The summed E-state index contributed by atoms with van der Waals surface area (Å²) in [7, 11) is 3.14. The number of nitrogens with two attached hydrogens (primary N) is 1. The average Bonchev–Trinajstić information content (AvgIpc) is 2.60. The van der Waals surface area contributed by atoms with E-state index >= 15 is 0 Å². The zero-order chi connectivity index (χ0) is 18.7. The molecule has 0 bridgehead atoms. The van der Waals surface area contributed by atoms with Crippen LogP contribution < -0.4 is 20.5 Å². The summed E-state index contributed by atoms with van der Waals surface area (Å²) in [6.07, 6.45) is 0.538. The number of guanidine groups is 1. The van der Waals surface area contributed by atoms with Crippen molar-refractivity contribution in [1.82, 2.24) is 0 Å². The standard InChI is InChI=1S/C19H21ClFN3O2.HI/c1-25-15-6-7-17(26-2)16(9-15)24-18(22)23-14-10-19(21,11-14)12-4-3-5-13(20)8-12;/h3-9,14H,10-11H2,1-2H3,(H3,22,23,24);1H. The molecule has 1 saturated carbocycles. The summed E-state index contributed by atoms with van der Waals surface area (Å²) >= 11 is 5.95. The largest absolute Gasteiger partial charge is 0.497 e. The third kappa shape index (κ3) is 4.95. The van der Waals surface area contributed by atoms with Crippen LogP contribution >= 0.6 is 35.6 Å². The Morgan fingerprint density at radius 2 is 1.96 bits per heavy atom. The van der Waals surface area contributed by atoms with Crippen LogP contribution in [-0.4, -0.2) is 26.2 Å². The number of hydrogen-bond donors (Lipinski definition) is 2. The van der Waals surface area contributed by atoms with Crippen LogP contribution in [0.3, 0.4) is 0 Å². The molecule has 8 heteroatoms. The Morgan fingerprint density at radius 3 is 2.59 bits per heavy atom. The summed E-state index contributed by atoms with van der Waals surface area (Å²) in [5.41, 5.74) is 5.79. The van der Waals surface area contributed by atoms with E-state index in [0.29, 0.717) is 27.8 Å². The van der Waals surface area contributed by atoms with Gasteiger partial charge in [-0.3, -0.25) is 0 Å². The molecule has 2 aromatic rings. The van der Waals surface area contributed by atoms with Gasteiger partial charge in [-0.25, -0.2) is 9.38 Å². The lowest BCUT2D eigenvalue weighted by Crippen LogP contribution is -2.41. The topological polar surface area (TPSA) is 68.9 Å². The van der Waals surface area contributed by atoms with Gasteiger partial charge >= 0.3 is 0 Å². The number of benzene rings is 2. The highest BCUT2D eigenvalue weighted by Crippen LogP contribution is 2.47. The second kappa shape index (κ2) is 8.97. The fourth-order valence-corrected chi connectivity index (χ4v) is 3.25. The lowest BCUT2D eigenvalue weighted by atomic mass is 9.73. The molecule has 3 N–H and O–H groups in total. The maximum atomic E-state index is 14.9. The number of nitrogens with zero attached hydrogens (tertiary/aromatic N) is 1. The number of anilines is 1. The second-order valence-electron chi connectivity index (χ2n) is 6.24. The molecule has 27 heavy (non-hydrogen) atoms. The Hall–Kier alpha value is -1.74. The summed E-state index contributed by atoms with van der Waals surface area (Å²) < 4.78 is 25.4. The first kappa shape index (κ1) is 21.6. The number of methoxy groups -OCH3 is 2. The summed E-state index contributed by atoms with van der Waals surface area (Å²) in [6.45, 7) is 0. The first-order valence-electron chi connectivity index (χ1n) is 8.21. The minimum atomic E-state index is -1.41. The fraction of sp³-hybridized carbons (Fsp3) is 0.316. The van der Waals surface area contributed by atoms with Gasteiger partial charge in [0.2, 0.25) is 0 Å². The van der Waals surface area contributed by atoms with Gasteiger partial charge in [-0.1, -0.05) is 23.7 Å². The maximum absolute atomic E-state index is 14.9. The SMILES string of the molecule is COc1ccc(OC)c(NC(N)=NC2CC(F)(c3cccc(Cl)c3)C2)c1.I. The molecule has 1 aliphatic carbocycles. The number of alkyl halides is 1. The van der Waals surface area contributed by atoms with Crippen LogP contribution in [-0.2, 0) is 5.67 Å². The Balaban J connectivity index is 0.00000261. The van der Waals surface area contributed by atoms with Crippen LogP contribution in [0.4, 0.5) is 10.1 Å². The van der Waals surface area contributed by atoms with Crippen molar-refractivity contribution in [1.29, 1.82) is 0 Å². The quantitative estimate of drug-likeness (QED) is 0.350. The van der Waals surface area contributed by atoms with E-state index in [1.165, 1.54) is 0 Å². The molecule has 0 saturated heterocycles. The Morgan fingerprint density at radius 1 is 1.22 bits per heavy atom. The average molecular weight is 506 g/mol. The molecular formula is C19H22ClFIN3O2. The molecule has 0 radical (unpaired) electrons. The normalized spacial score (nSPS) is 21.6. The number of nitrogens with one attached hydrogen (secondary N) is 1. The molecule has 1 fully saturated rings. The number of hydrogen-bond acceptors (Lipinski definition) is 3. The van der Waals surface area contributed by atoms with Crippen LogP contribution in [0.1, 0.15) is 18.4 Å². The molecule has 1 aliphatic rings. The zero-order valence-electron chi connectivity index (χ0n) is 15.0. The molecule has 3 rings (SSSR count). The highest BCUT2D eigenvalue weighted by atomic mass is 127. The number of aliphatic imine (C=N–C) groups is 1. The van der Waals surface area contributed by atoms with Crippen molar-refractivity contribution in [3.63, 3.8) is 0 Å². The molecule has 2 aromatic carbocycles. The van der Waals surface area contributed by atoms with E-state index in [-0.39, 0.29) is 48.8 Å². The van der Waals surface area contributed by atoms with E-state index in [1.807, 2.05) is 0 Å². The maximum Gasteiger partial charge on any atom is 0.193 e. The Bertz CT molecular complexity index is 828. The van der Waals surface area contributed by atoms with E-state index in [2.05, 4.69) is 10.3 Å². The van der Waals surface area contributed by atoms with Crippen molar-refractivity contribution in [3.05, 3.63) is 53.1 Å². The molecule has 146 valence electrons. The van der Waals surface area contributed by atoms with Crippen LogP contribution in [0.15, 0.2) is 47.5 Å². The number of rotatable bonds is 5. The molecule has 0 spiro atoms. The van der Waals surface area contributed by atoms with Crippen LogP contribution in [0, 0.1) is 0 Å². The van der Waals surface area contributed by atoms with Crippen LogP contribution in [0.2, 0.25) is 5.02 Å². The van der Waals surface area contributed by atoms with Crippen molar-refractivity contribution in [2.45, 2.75) is 24.6 Å². The summed E-state index contributed by atoms with van der Waals surface area (Å²) in [6, 6.07) is 12.0. The van der Waals surface area contributed by atoms with Gasteiger partial charge in [0.05, 0.1) is 25.9 Å². The van der Waals surface area contributed by atoms with Gasteiger partial charge in [0.1, 0.15) is 17.2 Å². The third-order valence-corrected chi connectivity index (χ3v) is 4.69. The fourth-order valence-electron chi connectivity index (χ4n) is 3.06. The van der Waals surface area contributed by atoms with Crippen molar-refractivity contribution < 1.29 is 13.9 Å². The van der Waals surface area contributed by atoms with E-state index in [1.54, 1.807) is 56.7 Å². The van der Waals surface area contributed by atoms with Crippen LogP contribution in [0.5, 0.6) is 11.5 Å². The van der Waals surface area contributed by atoms with Gasteiger partial charge < -0.3 is 20.5 Å². The van der Waals surface area contributed by atoms with Gasteiger partial charge in [-0.2, -0.15) is 0 Å². The molecule has 0 aromatic heterocycles. The summed E-state index contributed by atoms with van der Waals surface area (Å²) in [5, 5.41) is 3.52. The summed E-state index contributed by atoms with van der Waals surface area (Å²) in [5.74, 6) is 1.47. The first-order chi connectivity index (χ1) is 12.4. The van der Waals surface area contributed by atoms with E-state index in [9.17, 15) is 4.39 Å².